The molecule has 112 valence electrons. The number of hydrogen-bond acceptors (Lipinski definition) is 3. The molecular formula is C14H14BrFN2O2S. The summed E-state index contributed by atoms with van der Waals surface area (Å²) in [7, 11) is -3.99. The van der Waals surface area contributed by atoms with Crippen molar-refractivity contribution in [2.45, 2.75) is 18.4 Å². The largest absolute Gasteiger partial charge is 0.326 e. The lowest BCUT2D eigenvalue weighted by Gasteiger charge is -2.12. The molecule has 0 atom stereocenters. The van der Waals surface area contributed by atoms with Crippen LogP contribution in [0.5, 0.6) is 0 Å². The summed E-state index contributed by atoms with van der Waals surface area (Å²) in [5.74, 6) is -0.821. The second kappa shape index (κ2) is 6.13. The van der Waals surface area contributed by atoms with E-state index in [4.69, 9.17) is 5.73 Å². The van der Waals surface area contributed by atoms with E-state index in [0.29, 0.717) is 11.3 Å². The zero-order valence-electron chi connectivity index (χ0n) is 11.2. The molecule has 0 unspecified atom stereocenters. The van der Waals surface area contributed by atoms with Crippen LogP contribution >= 0.6 is 15.9 Å². The third-order valence-corrected chi connectivity index (χ3v) is 4.86. The van der Waals surface area contributed by atoms with Gasteiger partial charge in [0.15, 0.2) is 0 Å². The summed E-state index contributed by atoms with van der Waals surface area (Å²) in [5, 5.41) is 0. The first-order valence-electron chi connectivity index (χ1n) is 6.11. The maximum atomic E-state index is 13.9. The van der Waals surface area contributed by atoms with Crippen molar-refractivity contribution in [2.24, 2.45) is 5.73 Å². The summed E-state index contributed by atoms with van der Waals surface area (Å²) < 4.78 is 41.6. The van der Waals surface area contributed by atoms with E-state index in [9.17, 15) is 12.8 Å². The molecule has 0 bridgehead atoms. The van der Waals surface area contributed by atoms with Crippen LogP contribution in [0.4, 0.5) is 10.1 Å². The smallest absolute Gasteiger partial charge is 0.264 e. The van der Waals surface area contributed by atoms with Gasteiger partial charge in [-0.1, -0.05) is 28.1 Å². The summed E-state index contributed by atoms with van der Waals surface area (Å²) in [6, 6.07) is 9.01. The summed E-state index contributed by atoms with van der Waals surface area (Å²) in [6.45, 7) is 1.91. The molecule has 0 fully saturated rings. The molecule has 3 N–H and O–H groups in total. The van der Waals surface area contributed by atoms with Gasteiger partial charge in [0.1, 0.15) is 10.7 Å². The highest BCUT2D eigenvalue weighted by molar-refractivity contribution is 9.10. The highest BCUT2D eigenvalue weighted by atomic mass is 79.9. The molecule has 2 rings (SSSR count). The summed E-state index contributed by atoms with van der Waals surface area (Å²) in [5.41, 5.74) is 7.07. The summed E-state index contributed by atoms with van der Waals surface area (Å²) >= 11 is 3.27. The fraction of sp³-hybridized carbons (Fsp3) is 0.143. The Morgan fingerprint density at radius 2 is 1.95 bits per heavy atom. The SMILES string of the molecule is Cc1ccc(Br)cc1NS(=O)(=O)c1ccc(CN)cc1F. The minimum Gasteiger partial charge on any atom is -0.326 e. The van der Waals surface area contributed by atoms with Crippen LogP contribution in [0.2, 0.25) is 0 Å². The van der Waals surface area contributed by atoms with Gasteiger partial charge in [0.2, 0.25) is 0 Å². The van der Waals surface area contributed by atoms with Gasteiger partial charge in [-0.2, -0.15) is 0 Å². The zero-order valence-corrected chi connectivity index (χ0v) is 13.6. The Morgan fingerprint density at radius 3 is 2.57 bits per heavy atom. The van der Waals surface area contributed by atoms with Crippen LogP contribution < -0.4 is 10.5 Å². The van der Waals surface area contributed by atoms with E-state index >= 15 is 0 Å². The first kappa shape index (κ1) is 15.9. The quantitative estimate of drug-likeness (QED) is 0.865. The Hall–Kier alpha value is -1.44. The number of hydrogen-bond donors (Lipinski definition) is 2. The molecule has 0 aliphatic carbocycles. The van der Waals surface area contributed by atoms with Gasteiger partial charge < -0.3 is 5.73 Å². The van der Waals surface area contributed by atoms with E-state index in [-0.39, 0.29) is 6.54 Å². The molecule has 0 radical (unpaired) electrons. The topological polar surface area (TPSA) is 72.2 Å². The van der Waals surface area contributed by atoms with Crippen molar-refractivity contribution in [3.8, 4) is 0 Å². The van der Waals surface area contributed by atoms with Crippen molar-refractivity contribution in [2.75, 3.05) is 4.72 Å². The van der Waals surface area contributed by atoms with E-state index in [0.717, 1.165) is 16.1 Å². The minimum atomic E-state index is -3.99. The standard InChI is InChI=1S/C14H14BrFN2O2S/c1-9-2-4-11(15)7-13(9)18-21(19,20)14-5-3-10(8-17)6-12(14)16/h2-7,18H,8,17H2,1H3. The lowest BCUT2D eigenvalue weighted by atomic mass is 10.2. The predicted molar refractivity (Wildman–Crippen MR) is 84.0 cm³/mol. The van der Waals surface area contributed by atoms with Crippen LogP contribution in [0.3, 0.4) is 0 Å². The van der Waals surface area contributed by atoms with Crippen LogP contribution in [-0.2, 0) is 16.6 Å². The Labute approximate surface area is 131 Å². The number of aryl methyl sites for hydroxylation is 1. The molecule has 2 aromatic carbocycles. The second-order valence-corrected chi connectivity index (χ2v) is 7.10. The minimum absolute atomic E-state index is 0.148. The van der Waals surface area contributed by atoms with Crippen LogP contribution in [0.25, 0.3) is 0 Å². The summed E-state index contributed by atoms with van der Waals surface area (Å²) in [6.07, 6.45) is 0. The molecule has 0 saturated carbocycles. The molecule has 0 heterocycles. The van der Waals surface area contributed by atoms with Gasteiger partial charge in [-0.25, -0.2) is 12.8 Å². The number of benzene rings is 2. The fourth-order valence-corrected chi connectivity index (χ4v) is 3.34. The zero-order chi connectivity index (χ0) is 15.6. The third-order valence-electron chi connectivity index (χ3n) is 2.97. The third kappa shape index (κ3) is 3.61. The molecular weight excluding hydrogens is 359 g/mol. The van der Waals surface area contributed by atoms with Crippen LogP contribution in [0.1, 0.15) is 11.1 Å². The average molecular weight is 373 g/mol. The van der Waals surface area contributed by atoms with Gasteiger partial charge in [0.05, 0.1) is 5.69 Å². The van der Waals surface area contributed by atoms with Crippen molar-refractivity contribution < 1.29 is 12.8 Å². The number of anilines is 1. The van der Waals surface area contributed by atoms with Crippen molar-refractivity contribution in [3.63, 3.8) is 0 Å². The first-order valence-corrected chi connectivity index (χ1v) is 8.38. The number of nitrogens with one attached hydrogen (secondary N) is 1. The summed E-state index contributed by atoms with van der Waals surface area (Å²) in [4.78, 5) is -0.404. The van der Waals surface area contributed by atoms with Crippen LogP contribution in [0, 0.1) is 12.7 Å². The van der Waals surface area contributed by atoms with Crippen molar-refractivity contribution >= 4 is 31.6 Å². The second-order valence-electron chi connectivity index (χ2n) is 4.53. The van der Waals surface area contributed by atoms with E-state index < -0.39 is 20.7 Å². The van der Waals surface area contributed by atoms with Crippen LogP contribution in [-0.4, -0.2) is 8.42 Å². The lowest BCUT2D eigenvalue weighted by Crippen LogP contribution is -2.15. The number of halogens is 2. The maximum Gasteiger partial charge on any atom is 0.264 e. The van der Waals surface area contributed by atoms with Crippen molar-refractivity contribution in [3.05, 3.63) is 57.8 Å². The molecule has 0 saturated heterocycles. The fourth-order valence-electron chi connectivity index (χ4n) is 1.79. The molecule has 7 heteroatoms. The van der Waals surface area contributed by atoms with Gasteiger partial charge in [0.25, 0.3) is 10.0 Å². The molecule has 21 heavy (non-hydrogen) atoms. The van der Waals surface area contributed by atoms with E-state index in [1.807, 2.05) is 0 Å². The maximum absolute atomic E-state index is 13.9. The molecule has 0 amide bonds. The van der Waals surface area contributed by atoms with Gasteiger partial charge in [-0.05, 0) is 42.3 Å². The lowest BCUT2D eigenvalue weighted by molar-refractivity contribution is 0.569. The molecule has 0 aliphatic heterocycles. The molecule has 0 aliphatic rings. The number of nitrogens with two attached hydrogens (primary N) is 1. The van der Waals surface area contributed by atoms with Crippen molar-refractivity contribution in [1.29, 1.82) is 0 Å². The van der Waals surface area contributed by atoms with Gasteiger partial charge in [-0.3, -0.25) is 4.72 Å². The molecule has 0 spiro atoms. The Bertz CT molecular complexity index is 779. The molecule has 4 nitrogen and oxygen atoms in total. The van der Waals surface area contributed by atoms with E-state index in [2.05, 4.69) is 20.7 Å². The van der Waals surface area contributed by atoms with Gasteiger partial charge >= 0.3 is 0 Å². The number of sulfonamides is 1. The van der Waals surface area contributed by atoms with Crippen LogP contribution in [0.15, 0.2) is 45.8 Å². The monoisotopic (exact) mass is 372 g/mol. The highest BCUT2D eigenvalue weighted by Gasteiger charge is 2.20. The Kier molecular flexibility index (Phi) is 4.65. The first-order chi connectivity index (χ1) is 9.83. The highest BCUT2D eigenvalue weighted by Crippen LogP contribution is 2.25. The molecule has 2 aromatic rings. The van der Waals surface area contributed by atoms with Gasteiger partial charge in [-0.15, -0.1) is 0 Å². The number of rotatable bonds is 4. The van der Waals surface area contributed by atoms with E-state index in [1.165, 1.54) is 12.1 Å². The Morgan fingerprint density at radius 1 is 1.24 bits per heavy atom. The van der Waals surface area contributed by atoms with Gasteiger partial charge in [0, 0.05) is 11.0 Å². The average Bonchev–Trinajstić information content (AvgIpc) is 2.42. The molecule has 0 aromatic heterocycles. The van der Waals surface area contributed by atoms with Crippen molar-refractivity contribution in [1.82, 2.24) is 0 Å². The van der Waals surface area contributed by atoms with E-state index in [1.54, 1.807) is 25.1 Å². The Balaban J connectivity index is 2.41. The predicted octanol–water partition coefficient (Wildman–Crippen LogP) is 3.16. The normalized spacial score (nSPS) is 11.4.